The quantitative estimate of drug-likeness (QED) is 0.663. The number of benzene rings is 2. The number of carbonyl (C=O) groups excluding carboxylic acids is 1. The molecule has 1 amide bonds. The minimum absolute atomic E-state index is 0.113. The Labute approximate surface area is 172 Å². The predicted molar refractivity (Wildman–Crippen MR) is 113 cm³/mol. The molecule has 1 N–H and O–H groups in total. The molecule has 1 aromatic heterocycles. The number of fused-ring (bicyclic) bond motifs is 1. The molecule has 0 radical (unpaired) electrons. The Morgan fingerprint density at radius 3 is 2.52 bits per heavy atom. The van der Waals surface area contributed by atoms with Crippen molar-refractivity contribution in [3.05, 3.63) is 71.4 Å². The first kappa shape index (κ1) is 19.6. The van der Waals surface area contributed by atoms with Crippen molar-refractivity contribution >= 4 is 34.3 Å². The van der Waals surface area contributed by atoms with E-state index in [-0.39, 0.29) is 17.8 Å². The zero-order chi connectivity index (χ0) is 20.4. The maximum absolute atomic E-state index is 14.0. The molecule has 29 heavy (non-hydrogen) atoms. The van der Waals surface area contributed by atoms with E-state index in [9.17, 15) is 13.6 Å². The van der Waals surface area contributed by atoms with Crippen molar-refractivity contribution < 1.29 is 13.6 Å². The average Bonchev–Trinajstić information content (AvgIpc) is 2.74. The maximum Gasteiger partial charge on any atom is 0.257 e. The van der Waals surface area contributed by atoms with Gasteiger partial charge in [0.25, 0.3) is 5.91 Å². The Morgan fingerprint density at radius 1 is 1.10 bits per heavy atom. The molecule has 0 saturated carbocycles. The molecule has 2 aromatic carbocycles. The van der Waals surface area contributed by atoms with E-state index in [2.05, 4.69) is 10.3 Å². The lowest BCUT2D eigenvalue weighted by Crippen LogP contribution is -2.38. The lowest BCUT2D eigenvalue weighted by molar-refractivity contribution is 0.0773. The number of halogens is 2. The molecule has 0 spiro atoms. The fraction of sp³-hybridized carbons (Fsp3) is 0.273. The van der Waals surface area contributed by atoms with E-state index in [1.165, 1.54) is 24.3 Å². The van der Waals surface area contributed by atoms with Gasteiger partial charge in [-0.15, -0.1) is 0 Å². The summed E-state index contributed by atoms with van der Waals surface area (Å²) >= 11 is 1.82. The monoisotopic (exact) mass is 413 g/mol. The first-order valence-corrected chi connectivity index (χ1v) is 10.7. The number of hydrogen-bond donors (Lipinski definition) is 1. The molecule has 1 fully saturated rings. The molecular formula is C22H21F2N3OS. The Hall–Kier alpha value is -2.67. The van der Waals surface area contributed by atoms with Crippen molar-refractivity contribution in [2.75, 3.05) is 29.9 Å². The highest BCUT2D eigenvalue weighted by atomic mass is 32.2. The van der Waals surface area contributed by atoms with Gasteiger partial charge in [-0.05, 0) is 42.8 Å². The van der Waals surface area contributed by atoms with E-state index in [4.69, 9.17) is 0 Å². The van der Waals surface area contributed by atoms with Crippen LogP contribution in [0, 0.1) is 11.6 Å². The van der Waals surface area contributed by atoms with Crippen molar-refractivity contribution in [1.82, 2.24) is 9.88 Å². The van der Waals surface area contributed by atoms with Crippen LogP contribution in [-0.2, 0) is 0 Å². The number of thioether (sulfide) groups is 1. The molecule has 1 atom stereocenters. The molecule has 4 rings (SSSR count). The topological polar surface area (TPSA) is 45.2 Å². The van der Waals surface area contributed by atoms with Crippen LogP contribution in [0.1, 0.15) is 28.9 Å². The molecule has 0 bridgehead atoms. The number of hydrogen-bond acceptors (Lipinski definition) is 4. The normalized spacial score (nSPS) is 15.3. The number of carbonyl (C=O) groups is 1. The second kappa shape index (κ2) is 8.37. The molecule has 150 valence electrons. The van der Waals surface area contributed by atoms with Crippen LogP contribution >= 0.6 is 11.8 Å². The van der Waals surface area contributed by atoms with E-state index >= 15 is 0 Å². The van der Waals surface area contributed by atoms with E-state index in [0.717, 1.165) is 17.1 Å². The molecule has 2 heterocycles. The minimum atomic E-state index is -0.393. The Kier molecular flexibility index (Phi) is 5.67. The van der Waals surface area contributed by atoms with Gasteiger partial charge in [-0.3, -0.25) is 9.78 Å². The van der Waals surface area contributed by atoms with Gasteiger partial charge in [-0.25, -0.2) is 8.78 Å². The molecule has 1 aliphatic rings. The highest BCUT2D eigenvalue weighted by molar-refractivity contribution is 7.99. The minimum Gasteiger partial charge on any atom is -0.377 e. The summed E-state index contributed by atoms with van der Waals surface area (Å²) in [4.78, 5) is 19.4. The van der Waals surface area contributed by atoms with Crippen LogP contribution in [0.5, 0.6) is 0 Å². The summed E-state index contributed by atoms with van der Waals surface area (Å²) in [5.74, 6) is 0.983. The van der Waals surface area contributed by atoms with Gasteiger partial charge in [0.1, 0.15) is 11.6 Å². The molecule has 4 nitrogen and oxygen atoms in total. The van der Waals surface area contributed by atoms with Gasteiger partial charge in [0.15, 0.2) is 0 Å². The number of pyridine rings is 1. The van der Waals surface area contributed by atoms with E-state index in [1.807, 2.05) is 23.6 Å². The van der Waals surface area contributed by atoms with Gasteiger partial charge < -0.3 is 10.2 Å². The summed E-state index contributed by atoms with van der Waals surface area (Å²) in [5.41, 5.74) is 2.44. The molecule has 0 aliphatic carbocycles. The average molecular weight is 413 g/mol. The van der Waals surface area contributed by atoms with Crippen LogP contribution in [0.4, 0.5) is 14.5 Å². The lowest BCUT2D eigenvalue weighted by Gasteiger charge is -2.28. The largest absolute Gasteiger partial charge is 0.377 e. The van der Waals surface area contributed by atoms with Gasteiger partial charge in [-0.1, -0.05) is 12.1 Å². The van der Waals surface area contributed by atoms with Crippen LogP contribution in [0.3, 0.4) is 0 Å². The molecule has 7 heteroatoms. The number of nitrogens with zero attached hydrogens (tertiary/aromatic N) is 2. The van der Waals surface area contributed by atoms with Crippen molar-refractivity contribution in [2.24, 2.45) is 0 Å². The number of anilines is 1. The van der Waals surface area contributed by atoms with Crippen LogP contribution < -0.4 is 5.32 Å². The molecule has 1 aliphatic heterocycles. The Bertz CT molecular complexity index is 1040. The van der Waals surface area contributed by atoms with Crippen molar-refractivity contribution in [3.8, 4) is 0 Å². The Balaban J connectivity index is 1.76. The molecule has 0 unspecified atom stereocenters. The number of aromatic nitrogens is 1. The standard InChI is InChI=1S/C22H21F2N3OS/c1-14(15-2-4-16(23)5-3-15)26-21-18-12-17(24)6-7-20(18)25-13-19(21)22(28)27-8-10-29-11-9-27/h2-7,12-14H,8-11H2,1H3,(H,25,26)/t14-/m0/s1. The van der Waals surface area contributed by atoms with Crippen LogP contribution in [0.15, 0.2) is 48.7 Å². The third-order valence-corrected chi connectivity index (χ3v) is 6.03. The molecule has 3 aromatic rings. The van der Waals surface area contributed by atoms with Crippen LogP contribution in [0.2, 0.25) is 0 Å². The lowest BCUT2D eigenvalue weighted by atomic mass is 10.0. The van der Waals surface area contributed by atoms with E-state index in [1.54, 1.807) is 24.4 Å². The van der Waals surface area contributed by atoms with Crippen molar-refractivity contribution in [3.63, 3.8) is 0 Å². The molecule has 1 saturated heterocycles. The van der Waals surface area contributed by atoms with Gasteiger partial charge >= 0.3 is 0 Å². The highest BCUT2D eigenvalue weighted by Gasteiger charge is 2.24. The maximum atomic E-state index is 14.0. The zero-order valence-electron chi connectivity index (χ0n) is 16.0. The smallest absolute Gasteiger partial charge is 0.257 e. The first-order chi connectivity index (χ1) is 14.0. The number of nitrogens with one attached hydrogen (secondary N) is 1. The highest BCUT2D eigenvalue weighted by Crippen LogP contribution is 2.31. The van der Waals surface area contributed by atoms with E-state index < -0.39 is 5.82 Å². The number of amides is 1. The summed E-state index contributed by atoms with van der Waals surface area (Å²) in [6.45, 7) is 3.28. The zero-order valence-corrected chi connectivity index (χ0v) is 16.8. The third-order valence-electron chi connectivity index (χ3n) is 5.09. The van der Waals surface area contributed by atoms with Crippen LogP contribution in [0.25, 0.3) is 10.9 Å². The number of rotatable bonds is 4. The summed E-state index contributed by atoms with van der Waals surface area (Å²) < 4.78 is 27.3. The van der Waals surface area contributed by atoms with Crippen molar-refractivity contribution in [1.29, 1.82) is 0 Å². The van der Waals surface area contributed by atoms with Crippen molar-refractivity contribution in [2.45, 2.75) is 13.0 Å². The van der Waals surface area contributed by atoms with Gasteiger partial charge in [0.2, 0.25) is 0 Å². The third kappa shape index (κ3) is 4.19. The summed E-state index contributed by atoms with van der Waals surface area (Å²) in [7, 11) is 0. The fourth-order valence-corrected chi connectivity index (χ4v) is 4.37. The van der Waals surface area contributed by atoms with Gasteiger partial charge in [0.05, 0.1) is 16.8 Å². The van der Waals surface area contributed by atoms with Crippen LogP contribution in [-0.4, -0.2) is 40.4 Å². The first-order valence-electron chi connectivity index (χ1n) is 9.50. The predicted octanol–water partition coefficient (Wildman–Crippen LogP) is 4.88. The summed E-state index contributed by atoms with van der Waals surface area (Å²) in [6, 6.07) is 10.3. The molecular weight excluding hydrogens is 392 g/mol. The van der Waals surface area contributed by atoms with E-state index in [0.29, 0.717) is 35.2 Å². The van der Waals surface area contributed by atoms with Gasteiger partial charge in [-0.2, -0.15) is 11.8 Å². The van der Waals surface area contributed by atoms with Gasteiger partial charge in [0, 0.05) is 42.2 Å². The Morgan fingerprint density at radius 2 is 1.79 bits per heavy atom. The fourth-order valence-electron chi connectivity index (χ4n) is 3.47. The SMILES string of the molecule is C[C@H](Nc1c(C(=O)N2CCSCC2)cnc2ccc(F)cc12)c1ccc(F)cc1. The summed E-state index contributed by atoms with van der Waals surface area (Å²) in [6.07, 6.45) is 1.56. The second-order valence-electron chi connectivity index (χ2n) is 7.03. The second-order valence-corrected chi connectivity index (χ2v) is 8.26. The summed E-state index contributed by atoms with van der Waals surface area (Å²) in [5, 5.41) is 3.91.